The Hall–Kier alpha value is -1.59. The van der Waals surface area contributed by atoms with Gasteiger partial charge >= 0.3 is 0 Å². The molecule has 21 heavy (non-hydrogen) atoms. The number of sulfonamides is 1. The number of anilines is 1. The Morgan fingerprint density at radius 3 is 2.52 bits per heavy atom. The Kier molecular flexibility index (Phi) is 5.20. The van der Waals surface area contributed by atoms with E-state index >= 15 is 0 Å². The summed E-state index contributed by atoms with van der Waals surface area (Å²) in [6.07, 6.45) is 3.75. The van der Waals surface area contributed by atoms with Crippen molar-refractivity contribution in [2.75, 3.05) is 10.5 Å². The molecule has 0 saturated heterocycles. The van der Waals surface area contributed by atoms with Crippen LogP contribution >= 0.6 is 11.6 Å². The zero-order valence-corrected chi connectivity index (χ0v) is 13.2. The minimum Gasteiger partial charge on any atom is -0.283 e. The van der Waals surface area contributed by atoms with E-state index in [1.165, 1.54) is 0 Å². The first kappa shape index (κ1) is 15.8. The Morgan fingerprint density at radius 1 is 1.19 bits per heavy atom. The molecule has 0 spiro atoms. The number of alkyl halides is 1. The minimum absolute atomic E-state index is 0.0159. The average Bonchev–Trinajstić information content (AvgIpc) is 2.46. The number of aromatic nitrogens is 1. The molecule has 0 radical (unpaired) electrons. The third-order valence-electron chi connectivity index (χ3n) is 3.06. The molecule has 2 aromatic rings. The van der Waals surface area contributed by atoms with Gasteiger partial charge in [-0.2, -0.15) is 0 Å². The highest BCUT2D eigenvalue weighted by atomic mass is 35.5. The molecule has 1 aromatic carbocycles. The SMILES string of the molecule is CC(Cl)c1ccccc1NS(=O)(=O)CCc1ccncc1. The normalized spacial score (nSPS) is 12.9. The van der Waals surface area contributed by atoms with Gasteiger partial charge in [0, 0.05) is 12.4 Å². The van der Waals surface area contributed by atoms with Crippen molar-refractivity contribution < 1.29 is 8.42 Å². The van der Waals surface area contributed by atoms with E-state index in [-0.39, 0.29) is 11.1 Å². The largest absolute Gasteiger partial charge is 0.283 e. The van der Waals surface area contributed by atoms with E-state index in [9.17, 15) is 8.42 Å². The molecule has 112 valence electrons. The van der Waals surface area contributed by atoms with Crippen molar-refractivity contribution in [2.24, 2.45) is 0 Å². The van der Waals surface area contributed by atoms with Crippen molar-refractivity contribution in [3.8, 4) is 0 Å². The van der Waals surface area contributed by atoms with Crippen LogP contribution in [0.1, 0.15) is 23.4 Å². The summed E-state index contributed by atoms with van der Waals surface area (Å²) in [5, 5.41) is -0.260. The predicted molar refractivity (Wildman–Crippen MR) is 86.1 cm³/mol. The predicted octanol–water partition coefficient (Wildman–Crippen LogP) is 3.37. The van der Waals surface area contributed by atoms with Crippen LogP contribution in [0.4, 0.5) is 5.69 Å². The number of pyridine rings is 1. The highest BCUT2D eigenvalue weighted by Gasteiger charge is 2.14. The number of hydrogen-bond donors (Lipinski definition) is 1. The van der Waals surface area contributed by atoms with Crippen LogP contribution in [0.5, 0.6) is 0 Å². The first-order chi connectivity index (χ1) is 9.98. The van der Waals surface area contributed by atoms with Gasteiger partial charge in [-0.15, -0.1) is 11.6 Å². The van der Waals surface area contributed by atoms with Gasteiger partial charge in [-0.1, -0.05) is 18.2 Å². The maximum Gasteiger partial charge on any atom is 0.233 e. The molecular weight excluding hydrogens is 308 g/mol. The fraction of sp³-hybridized carbons (Fsp3) is 0.267. The second kappa shape index (κ2) is 6.91. The Morgan fingerprint density at radius 2 is 1.86 bits per heavy atom. The molecular formula is C15H17ClN2O2S. The van der Waals surface area contributed by atoms with Crippen molar-refractivity contribution in [1.29, 1.82) is 0 Å². The maximum absolute atomic E-state index is 12.2. The third-order valence-corrected chi connectivity index (χ3v) is 4.57. The fourth-order valence-electron chi connectivity index (χ4n) is 1.96. The molecule has 0 aliphatic rings. The van der Waals surface area contributed by atoms with Crippen LogP contribution in [0, 0.1) is 0 Å². The standard InChI is InChI=1S/C15H17ClN2O2S/c1-12(16)14-4-2-3-5-15(14)18-21(19,20)11-8-13-6-9-17-10-7-13/h2-7,9-10,12,18H,8,11H2,1H3. The van der Waals surface area contributed by atoms with Crippen LogP contribution in [0.3, 0.4) is 0 Å². The molecule has 2 rings (SSSR count). The van der Waals surface area contributed by atoms with Gasteiger partial charge < -0.3 is 0 Å². The lowest BCUT2D eigenvalue weighted by atomic mass is 10.1. The number of nitrogens with zero attached hydrogens (tertiary/aromatic N) is 1. The van der Waals surface area contributed by atoms with Gasteiger partial charge in [0.05, 0.1) is 16.8 Å². The summed E-state index contributed by atoms with van der Waals surface area (Å²) in [6.45, 7) is 1.81. The van der Waals surface area contributed by atoms with Crippen LogP contribution in [0.25, 0.3) is 0 Å². The van der Waals surface area contributed by atoms with Gasteiger partial charge in [0.1, 0.15) is 0 Å². The average molecular weight is 325 g/mol. The number of hydrogen-bond acceptors (Lipinski definition) is 3. The van der Waals surface area contributed by atoms with Crippen LogP contribution < -0.4 is 4.72 Å². The lowest BCUT2D eigenvalue weighted by Crippen LogP contribution is -2.19. The molecule has 1 N–H and O–H groups in total. The van der Waals surface area contributed by atoms with Gasteiger partial charge in [0.2, 0.25) is 10.0 Å². The molecule has 1 atom stereocenters. The third kappa shape index (κ3) is 4.72. The zero-order valence-electron chi connectivity index (χ0n) is 11.7. The molecule has 0 aliphatic carbocycles. The summed E-state index contributed by atoms with van der Waals surface area (Å²) < 4.78 is 27.0. The quantitative estimate of drug-likeness (QED) is 0.829. The minimum atomic E-state index is -3.42. The van der Waals surface area contributed by atoms with E-state index < -0.39 is 10.0 Å². The van der Waals surface area contributed by atoms with Gasteiger partial charge in [-0.3, -0.25) is 9.71 Å². The van der Waals surface area contributed by atoms with Gasteiger partial charge in [0.25, 0.3) is 0 Å². The summed E-state index contributed by atoms with van der Waals surface area (Å²) in [7, 11) is -3.42. The van der Waals surface area contributed by atoms with E-state index in [2.05, 4.69) is 9.71 Å². The molecule has 0 saturated carbocycles. The first-order valence-electron chi connectivity index (χ1n) is 6.60. The monoisotopic (exact) mass is 324 g/mol. The number of halogens is 1. The summed E-state index contributed by atoms with van der Waals surface area (Å²) in [5.74, 6) is 0.0159. The van der Waals surface area contributed by atoms with Gasteiger partial charge in [-0.05, 0) is 42.7 Å². The van der Waals surface area contributed by atoms with Crippen LogP contribution in [0.2, 0.25) is 0 Å². The van der Waals surface area contributed by atoms with Crippen LogP contribution in [-0.4, -0.2) is 19.2 Å². The lowest BCUT2D eigenvalue weighted by Gasteiger charge is -2.13. The lowest BCUT2D eigenvalue weighted by molar-refractivity contribution is 0.600. The van der Waals surface area contributed by atoms with Crippen molar-refractivity contribution in [3.63, 3.8) is 0 Å². The van der Waals surface area contributed by atoms with Crippen molar-refractivity contribution in [1.82, 2.24) is 4.98 Å². The molecule has 1 unspecified atom stereocenters. The molecule has 6 heteroatoms. The van der Waals surface area contributed by atoms with Crippen molar-refractivity contribution >= 4 is 27.3 Å². The van der Waals surface area contributed by atoms with E-state index in [0.29, 0.717) is 12.1 Å². The van der Waals surface area contributed by atoms with Gasteiger partial charge in [-0.25, -0.2) is 8.42 Å². The highest BCUT2D eigenvalue weighted by Crippen LogP contribution is 2.27. The summed E-state index contributed by atoms with van der Waals surface area (Å²) >= 11 is 6.07. The number of aryl methyl sites for hydroxylation is 1. The number of nitrogens with one attached hydrogen (secondary N) is 1. The van der Waals surface area contributed by atoms with E-state index in [0.717, 1.165) is 11.1 Å². The fourth-order valence-corrected chi connectivity index (χ4v) is 3.27. The number of benzene rings is 1. The van der Waals surface area contributed by atoms with Crippen LogP contribution in [-0.2, 0) is 16.4 Å². The van der Waals surface area contributed by atoms with Crippen molar-refractivity contribution in [3.05, 3.63) is 59.9 Å². The smallest absolute Gasteiger partial charge is 0.233 e. The van der Waals surface area contributed by atoms with Gasteiger partial charge in [0.15, 0.2) is 0 Å². The molecule has 1 aromatic heterocycles. The summed E-state index contributed by atoms with van der Waals surface area (Å²) in [6, 6.07) is 10.8. The number of para-hydroxylation sites is 1. The maximum atomic E-state index is 12.2. The molecule has 0 aliphatic heterocycles. The molecule has 0 fully saturated rings. The number of rotatable bonds is 6. The van der Waals surface area contributed by atoms with E-state index in [1.54, 1.807) is 24.5 Å². The Bertz CT molecular complexity index is 688. The van der Waals surface area contributed by atoms with E-state index in [1.807, 2.05) is 31.2 Å². The Labute approximate surface area is 130 Å². The van der Waals surface area contributed by atoms with E-state index in [4.69, 9.17) is 11.6 Å². The summed E-state index contributed by atoms with van der Waals surface area (Å²) in [5.41, 5.74) is 2.25. The van der Waals surface area contributed by atoms with Crippen molar-refractivity contribution in [2.45, 2.75) is 18.7 Å². The zero-order chi connectivity index (χ0) is 15.3. The molecule has 0 amide bonds. The topological polar surface area (TPSA) is 59.1 Å². The first-order valence-corrected chi connectivity index (χ1v) is 8.69. The highest BCUT2D eigenvalue weighted by molar-refractivity contribution is 7.92. The second-order valence-corrected chi connectivity index (χ2v) is 7.23. The molecule has 0 bridgehead atoms. The van der Waals surface area contributed by atoms with Crippen LogP contribution in [0.15, 0.2) is 48.8 Å². The molecule has 4 nitrogen and oxygen atoms in total. The molecule has 1 heterocycles. The Balaban J connectivity index is 2.08. The summed E-state index contributed by atoms with van der Waals surface area (Å²) in [4.78, 5) is 3.91. The second-order valence-electron chi connectivity index (χ2n) is 4.73.